The molecule has 5 aliphatic rings. The van der Waals surface area contributed by atoms with E-state index in [9.17, 15) is 104 Å². The summed E-state index contributed by atoms with van der Waals surface area (Å²) in [5, 5.41) is 9.30. The van der Waals surface area contributed by atoms with Crippen LogP contribution in [0.5, 0.6) is 5.75 Å². The standard InChI is InChI=1S/C15H16F4O4.C15H16F4O3.3C15H17F3O3/c16-11-9(15(21)14(19)13(18)12(11)17)7-23-10(20)2-1-8-3-5-22-6-4-8;16-11-7-10(13(17)15(19)14(11)18)8-22-12(20)2-1-9-3-5-21-6-4-9;16-12-8-14(18)13(17)7-11(12)9-21-15(19)2-1-10-3-5-20-6-4-10;16-12-7-11(15(18)13(17)8-12)9-21-14(19)2-1-10-3-5-20-6-4-10;16-12-7-11(8-13(17)15(12)18)9-21-14(19)2-1-10-3-5-20-6-4-10/h8,21H,1-7H2;7,9H,1-6,8H2;3*7-8,10H,1-6,9H2. The SMILES string of the molecule is O=C(CCC1CCOCC1)OCc1c(O)c(F)c(F)c(F)c1F.O=C(CCC1CCOCC1)OCc1cc(F)c(F)c(F)c1.O=C(CCC1CCOCC1)OCc1cc(F)c(F)c(F)c1F.O=C(CCC1CCOCC1)OCc1cc(F)c(F)cc1F.O=C(CCC1CCOCC1)OCc1cc(F)cc(F)c1F. The van der Waals surface area contributed by atoms with Gasteiger partial charge in [-0.25, -0.2) is 70.2 Å². The van der Waals surface area contributed by atoms with E-state index in [2.05, 4.69) is 0 Å². The van der Waals surface area contributed by atoms with Gasteiger partial charge in [0.25, 0.3) is 0 Å². The molecule has 16 nitrogen and oxygen atoms in total. The van der Waals surface area contributed by atoms with E-state index in [1.54, 1.807) is 0 Å². The molecule has 0 saturated carbocycles. The molecule has 5 aromatic carbocycles. The minimum absolute atomic E-state index is 0.0548. The van der Waals surface area contributed by atoms with Crippen molar-refractivity contribution in [1.29, 1.82) is 0 Å². The molecule has 0 radical (unpaired) electrons. The highest BCUT2D eigenvalue weighted by Crippen LogP contribution is 2.32. The molecule has 5 saturated heterocycles. The van der Waals surface area contributed by atoms with Crippen molar-refractivity contribution in [2.75, 3.05) is 66.1 Å². The van der Waals surface area contributed by atoms with E-state index >= 15 is 0 Å². The van der Waals surface area contributed by atoms with Crippen molar-refractivity contribution in [3.63, 3.8) is 0 Å². The molecule has 10 rings (SSSR count). The Bertz CT molecular complexity index is 3680. The molecular formula is C75H83F17O16. The summed E-state index contributed by atoms with van der Waals surface area (Å²) in [7, 11) is 0. The summed E-state index contributed by atoms with van der Waals surface area (Å²) < 4.78 is 272. The van der Waals surface area contributed by atoms with Gasteiger partial charge in [0, 0.05) is 127 Å². The molecule has 598 valence electrons. The Morgan fingerprint density at radius 2 is 0.583 bits per heavy atom. The summed E-state index contributed by atoms with van der Waals surface area (Å²) in [6, 6.07) is 4.56. The molecule has 5 fully saturated rings. The molecule has 1 N–H and O–H groups in total. The second-order valence-electron chi connectivity index (χ2n) is 25.9. The number of halogens is 17. The topological polar surface area (TPSA) is 198 Å². The first kappa shape index (κ1) is 88.8. The van der Waals surface area contributed by atoms with Crippen molar-refractivity contribution < 1.29 is 151 Å². The van der Waals surface area contributed by atoms with Crippen molar-refractivity contribution in [2.24, 2.45) is 29.6 Å². The van der Waals surface area contributed by atoms with Crippen LogP contribution in [-0.2, 0) is 104 Å². The van der Waals surface area contributed by atoms with Crippen LogP contribution in [0.3, 0.4) is 0 Å². The van der Waals surface area contributed by atoms with E-state index in [1.807, 2.05) is 0 Å². The van der Waals surface area contributed by atoms with E-state index in [0.29, 0.717) is 152 Å². The van der Waals surface area contributed by atoms with Crippen molar-refractivity contribution in [2.45, 2.75) is 161 Å². The Kier molecular flexibility index (Phi) is 38.1. The fourth-order valence-corrected chi connectivity index (χ4v) is 11.5. The molecule has 0 spiro atoms. The maximum atomic E-state index is 13.5. The summed E-state index contributed by atoms with van der Waals surface area (Å²) in [4.78, 5) is 57.9. The third-order valence-electron chi connectivity index (χ3n) is 18.1. The van der Waals surface area contributed by atoms with Crippen LogP contribution in [0.25, 0.3) is 0 Å². The minimum atomic E-state index is -2.12. The molecule has 33 heteroatoms. The molecule has 0 bridgehead atoms. The van der Waals surface area contributed by atoms with Crippen LogP contribution in [0, 0.1) is 128 Å². The number of ether oxygens (including phenoxy) is 10. The zero-order valence-electron chi connectivity index (χ0n) is 58.7. The van der Waals surface area contributed by atoms with Gasteiger partial charge in [-0.2, -0.15) is 4.39 Å². The van der Waals surface area contributed by atoms with Crippen molar-refractivity contribution in [3.8, 4) is 5.75 Å². The van der Waals surface area contributed by atoms with E-state index in [-0.39, 0.29) is 55.4 Å². The molecule has 0 aromatic heterocycles. The maximum absolute atomic E-state index is 13.5. The number of rotatable bonds is 25. The van der Waals surface area contributed by atoms with E-state index in [4.69, 9.17) is 47.4 Å². The van der Waals surface area contributed by atoms with Crippen molar-refractivity contribution >= 4 is 29.8 Å². The second kappa shape index (κ2) is 46.4. The lowest BCUT2D eigenvalue weighted by molar-refractivity contribution is -0.146. The number of hydrogen-bond donors (Lipinski definition) is 1. The number of benzene rings is 5. The molecule has 0 amide bonds. The van der Waals surface area contributed by atoms with Gasteiger partial charge in [0.2, 0.25) is 11.6 Å². The van der Waals surface area contributed by atoms with Crippen LogP contribution in [0.1, 0.15) is 156 Å². The molecule has 108 heavy (non-hydrogen) atoms. The summed E-state index contributed by atoms with van der Waals surface area (Å²) >= 11 is 0. The van der Waals surface area contributed by atoms with E-state index < -0.39 is 172 Å². The van der Waals surface area contributed by atoms with Gasteiger partial charge in [0.1, 0.15) is 44.7 Å². The summed E-state index contributed by atoms with van der Waals surface area (Å²) in [5.74, 6) is -27.6. The average molecular weight is 1560 g/mol. The minimum Gasteiger partial charge on any atom is -0.504 e. The molecule has 5 aliphatic heterocycles. The fourth-order valence-electron chi connectivity index (χ4n) is 11.5. The number of carbonyl (C=O) groups excluding carboxylic acids is 5. The first-order valence-electron chi connectivity index (χ1n) is 35.0. The largest absolute Gasteiger partial charge is 0.504 e. The van der Waals surface area contributed by atoms with Crippen LogP contribution < -0.4 is 0 Å². The van der Waals surface area contributed by atoms with E-state index in [0.717, 1.165) is 82.4 Å². The fraction of sp³-hybridized carbons (Fsp3) is 0.533. The van der Waals surface area contributed by atoms with Crippen LogP contribution in [0.2, 0.25) is 0 Å². The van der Waals surface area contributed by atoms with Gasteiger partial charge in [-0.3, -0.25) is 24.0 Å². The lowest BCUT2D eigenvalue weighted by Crippen LogP contribution is -2.17. The van der Waals surface area contributed by atoms with Gasteiger partial charge in [-0.05, 0) is 162 Å². The quantitative estimate of drug-likeness (QED) is 0.0190. The van der Waals surface area contributed by atoms with Gasteiger partial charge in [-0.1, -0.05) is 0 Å². The first-order valence-corrected chi connectivity index (χ1v) is 35.0. The highest BCUT2D eigenvalue weighted by atomic mass is 19.2. The summed E-state index contributed by atoms with van der Waals surface area (Å²) in [5.41, 5.74) is -1.84. The normalized spacial score (nSPS) is 15.9. The van der Waals surface area contributed by atoms with Crippen molar-refractivity contribution in [1.82, 2.24) is 0 Å². The Morgan fingerprint density at radius 3 is 0.972 bits per heavy atom. The highest BCUT2D eigenvalue weighted by molar-refractivity contribution is 5.71. The zero-order valence-corrected chi connectivity index (χ0v) is 58.7. The van der Waals surface area contributed by atoms with Gasteiger partial charge < -0.3 is 52.5 Å². The molecule has 5 heterocycles. The number of hydrogen-bond acceptors (Lipinski definition) is 16. The van der Waals surface area contributed by atoms with E-state index in [1.165, 1.54) is 0 Å². The number of phenolic OH excluding ortho intramolecular Hbond substituents is 1. The second-order valence-corrected chi connectivity index (χ2v) is 25.9. The summed E-state index contributed by atoms with van der Waals surface area (Å²) in [6.45, 7) is 4.22. The van der Waals surface area contributed by atoms with Gasteiger partial charge >= 0.3 is 29.8 Å². The predicted octanol–water partition coefficient (Wildman–Crippen LogP) is 16.8. The molecular weight excluding hydrogens is 1480 g/mol. The lowest BCUT2D eigenvalue weighted by atomic mass is 9.95. The van der Waals surface area contributed by atoms with Crippen LogP contribution >= 0.6 is 0 Å². The number of phenols is 1. The average Bonchev–Trinajstić information content (AvgIpc) is 0.804. The Balaban J connectivity index is 0.000000211. The summed E-state index contributed by atoms with van der Waals surface area (Å²) in [6.07, 6.45) is 13.1. The van der Waals surface area contributed by atoms with Crippen LogP contribution in [-0.4, -0.2) is 101 Å². The highest BCUT2D eigenvalue weighted by Gasteiger charge is 2.28. The number of esters is 5. The van der Waals surface area contributed by atoms with Crippen molar-refractivity contribution in [3.05, 3.63) is 169 Å². The number of aromatic hydroxyl groups is 1. The van der Waals surface area contributed by atoms with Gasteiger partial charge in [0.15, 0.2) is 81.4 Å². The lowest BCUT2D eigenvalue weighted by Gasteiger charge is -2.21. The van der Waals surface area contributed by atoms with Gasteiger partial charge in [-0.15, -0.1) is 0 Å². The zero-order chi connectivity index (χ0) is 78.8. The smallest absolute Gasteiger partial charge is 0.306 e. The molecule has 0 unspecified atom stereocenters. The Hall–Kier alpha value is -8.14. The molecule has 0 aliphatic carbocycles. The first-order chi connectivity index (χ1) is 51.6. The molecule has 0 atom stereocenters. The monoisotopic (exact) mass is 1560 g/mol. The van der Waals surface area contributed by atoms with Crippen LogP contribution in [0.4, 0.5) is 74.6 Å². The Labute approximate surface area is 611 Å². The Morgan fingerprint density at radius 1 is 0.287 bits per heavy atom. The predicted molar refractivity (Wildman–Crippen MR) is 346 cm³/mol. The third kappa shape index (κ3) is 30.4. The van der Waals surface area contributed by atoms with Gasteiger partial charge in [0.05, 0.1) is 5.56 Å². The van der Waals surface area contributed by atoms with Crippen LogP contribution in [0.15, 0.2) is 42.5 Å². The number of carbonyl (C=O) groups is 5. The third-order valence-corrected chi connectivity index (χ3v) is 18.1. The molecule has 5 aromatic rings. The maximum Gasteiger partial charge on any atom is 0.306 e.